The summed E-state index contributed by atoms with van der Waals surface area (Å²) in [6, 6.07) is 18.5. The van der Waals surface area contributed by atoms with Gasteiger partial charge in [-0.15, -0.1) is 0 Å². The van der Waals surface area contributed by atoms with Crippen molar-refractivity contribution >= 4 is 33.7 Å². The van der Waals surface area contributed by atoms with Crippen molar-refractivity contribution in [1.29, 1.82) is 0 Å². The molecule has 2 saturated heterocycles. The monoisotopic (exact) mass is 833 g/mol. The predicted molar refractivity (Wildman–Crippen MR) is 200 cm³/mol. The van der Waals surface area contributed by atoms with Crippen LogP contribution in [-0.2, 0) is 60.7 Å². The van der Waals surface area contributed by atoms with Crippen LogP contribution in [-0.4, -0.2) is 121 Å². The van der Waals surface area contributed by atoms with E-state index in [0.29, 0.717) is 0 Å². The van der Waals surface area contributed by atoms with E-state index in [4.69, 9.17) is 37.9 Å². The van der Waals surface area contributed by atoms with Gasteiger partial charge in [0.2, 0.25) is 0 Å². The van der Waals surface area contributed by atoms with Gasteiger partial charge in [-0.1, -0.05) is 74.5 Å². The highest BCUT2D eigenvalue weighted by molar-refractivity contribution is 9.11. The zero-order valence-corrected chi connectivity index (χ0v) is 33.6. The Labute approximate surface area is 330 Å². The molecule has 3 heterocycles. The van der Waals surface area contributed by atoms with E-state index < -0.39 is 78.1 Å². The Morgan fingerprint density at radius 3 is 2.07 bits per heavy atom. The fraction of sp³-hybridized carbons (Fsp3) is 0.575. The molecule has 2 aromatic rings. The number of nitrogens with zero attached hydrogens (tertiary/aromatic N) is 1. The molecule has 55 heavy (non-hydrogen) atoms. The van der Waals surface area contributed by atoms with Crippen molar-refractivity contribution < 1.29 is 62.5 Å². The van der Waals surface area contributed by atoms with Gasteiger partial charge in [-0.2, -0.15) is 0 Å². The van der Waals surface area contributed by atoms with Crippen molar-refractivity contribution in [2.45, 2.75) is 114 Å². The molecule has 3 aliphatic rings. The maximum atomic E-state index is 13.9. The van der Waals surface area contributed by atoms with Crippen LogP contribution in [0.5, 0.6) is 0 Å². The van der Waals surface area contributed by atoms with Crippen molar-refractivity contribution in [2.24, 2.45) is 5.92 Å². The van der Waals surface area contributed by atoms with Gasteiger partial charge in [0.15, 0.2) is 30.1 Å². The van der Waals surface area contributed by atoms with Gasteiger partial charge in [0.25, 0.3) is 5.91 Å². The minimum atomic E-state index is -2.06. The molecular formula is C40H52BrNO13. The first kappa shape index (κ1) is 43.0. The molecule has 0 spiro atoms. The SMILES string of the molecule is CO[C@H]1O[C@H](CO)[C@@H](OCc2ccccc2)[C@H](OCc2ccccc2)[C@@H]1OCCC[C@]1(O)O[C@H]([C@@H](OC)C(=O)N2C(=O)OC(C)(C)[C@H]2C(C)C)C(=O)C=C1Br. The molecule has 0 aromatic heterocycles. The summed E-state index contributed by atoms with van der Waals surface area (Å²) in [7, 11) is 2.69. The van der Waals surface area contributed by atoms with Crippen molar-refractivity contribution in [1.82, 2.24) is 4.90 Å². The molecule has 2 N–H and O–H groups in total. The van der Waals surface area contributed by atoms with Crippen molar-refractivity contribution in [3.8, 4) is 0 Å². The Bertz CT molecular complexity index is 1630. The number of cyclic esters (lactones) is 1. The molecule has 14 nitrogen and oxygen atoms in total. The number of ether oxygens (including phenoxy) is 8. The van der Waals surface area contributed by atoms with Gasteiger partial charge >= 0.3 is 6.09 Å². The van der Waals surface area contributed by atoms with E-state index in [1.165, 1.54) is 14.2 Å². The van der Waals surface area contributed by atoms with E-state index in [2.05, 4.69) is 15.9 Å². The second-order valence-corrected chi connectivity index (χ2v) is 15.5. The maximum Gasteiger partial charge on any atom is 0.417 e. The standard InChI is InChI=1S/C40H52BrNO13/c1-24(2)35-39(3,4)55-38(46)42(35)36(45)33(48-5)30-27(44)20-29(41)40(47,54-30)18-13-19-50-34-32(52-23-26-16-11-8-12-17-26)31(28(21-43)53-37(34)49-6)51-22-25-14-9-7-10-15-25/h7-12,14-17,20,24,28,30-35,37,43,47H,13,18-19,21-23H2,1-6H3/t28-,30+,31-,32+,33-,34+,35-,37+,40+/m1/s1. The van der Waals surface area contributed by atoms with Gasteiger partial charge in [-0.3, -0.25) is 9.59 Å². The van der Waals surface area contributed by atoms with Crippen molar-refractivity contribution in [3.05, 3.63) is 82.3 Å². The summed E-state index contributed by atoms with van der Waals surface area (Å²) in [6.07, 6.45) is -6.82. The van der Waals surface area contributed by atoms with Gasteiger partial charge < -0.3 is 48.1 Å². The third kappa shape index (κ3) is 9.90. The number of carbonyl (C=O) groups excluding carboxylic acids is 3. The fourth-order valence-corrected chi connectivity index (χ4v) is 7.98. The molecule has 2 amide bonds. The van der Waals surface area contributed by atoms with Crippen molar-refractivity contribution in [2.75, 3.05) is 27.4 Å². The van der Waals surface area contributed by atoms with Crippen LogP contribution in [0.25, 0.3) is 0 Å². The fourth-order valence-electron chi connectivity index (χ4n) is 7.46. The van der Waals surface area contributed by atoms with Gasteiger partial charge in [-0.25, -0.2) is 9.69 Å². The molecule has 0 saturated carbocycles. The van der Waals surface area contributed by atoms with E-state index in [1.807, 2.05) is 74.5 Å². The lowest BCUT2D eigenvalue weighted by Gasteiger charge is -2.45. The lowest BCUT2D eigenvalue weighted by atomic mass is 9.88. The van der Waals surface area contributed by atoms with Crippen molar-refractivity contribution in [3.63, 3.8) is 0 Å². The molecule has 0 bridgehead atoms. The molecule has 5 rings (SSSR count). The van der Waals surface area contributed by atoms with Crippen LogP contribution in [0.2, 0.25) is 0 Å². The third-order valence-electron chi connectivity index (χ3n) is 9.97. The second kappa shape index (κ2) is 18.9. The molecule has 0 radical (unpaired) electrons. The Hall–Kier alpha value is -3.09. The highest BCUT2D eigenvalue weighted by atomic mass is 79.9. The van der Waals surface area contributed by atoms with Crippen LogP contribution in [0.15, 0.2) is 71.2 Å². The normalized spacial score (nSPS) is 30.0. The van der Waals surface area contributed by atoms with E-state index in [0.717, 1.165) is 22.1 Å². The molecule has 302 valence electrons. The average molecular weight is 835 g/mol. The number of carbonyl (C=O) groups is 3. The number of hydrogen-bond donors (Lipinski definition) is 2. The molecule has 3 aliphatic heterocycles. The summed E-state index contributed by atoms with van der Waals surface area (Å²) >= 11 is 3.28. The number of rotatable bonds is 17. The molecule has 2 fully saturated rings. The number of amides is 2. The first-order valence-corrected chi connectivity index (χ1v) is 19.2. The zero-order valence-electron chi connectivity index (χ0n) is 32.0. The van der Waals surface area contributed by atoms with Gasteiger partial charge in [0.05, 0.1) is 30.3 Å². The minimum absolute atomic E-state index is 0.0379. The predicted octanol–water partition coefficient (Wildman–Crippen LogP) is 4.42. The molecule has 2 aromatic carbocycles. The summed E-state index contributed by atoms with van der Waals surface area (Å²) in [5.74, 6) is -3.69. The number of hydrogen-bond acceptors (Lipinski definition) is 13. The van der Waals surface area contributed by atoms with E-state index in [-0.39, 0.29) is 49.7 Å². The Kier molecular flexibility index (Phi) is 14.8. The van der Waals surface area contributed by atoms with E-state index in [9.17, 15) is 24.6 Å². The number of imide groups is 1. The van der Waals surface area contributed by atoms with Crippen LogP contribution >= 0.6 is 15.9 Å². The number of ketones is 1. The Balaban J connectivity index is 1.30. The largest absolute Gasteiger partial charge is 0.441 e. The molecule has 0 unspecified atom stereocenters. The summed E-state index contributed by atoms with van der Waals surface area (Å²) in [6.45, 7) is 7.26. The zero-order chi connectivity index (χ0) is 39.9. The topological polar surface area (TPSA) is 169 Å². The summed E-state index contributed by atoms with van der Waals surface area (Å²) in [5, 5.41) is 22.1. The first-order valence-electron chi connectivity index (χ1n) is 18.4. The number of aliphatic hydroxyl groups is 2. The lowest BCUT2D eigenvalue weighted by Crippen LogP contribution is -2.61. The van der Waals surface area contributed by atoms with Gasteiger partial charge in [0.1, 0.15) is 30.0 Å². The summed E-state index contributed by atoms with van der Waals surface area (Å²) in [4.78, 5) is 41.0. The molecule has 15 heteroatoms. The molecule has 0 aliphatic carbocycles. The lowest BCUT2D eigenvalue weighted by molar-refractivity contribution is -0.320. The minimum Gasteiger partial charge on any atom is -0.441 e. The summed E-state index contributed by atoms with van der Waals surface area (Å²) in [5.41, 5.74) is 0.855. The van der Waals surface area contributed by atoms with Gasteiger partial charge in [0, 0.05) is 27.2 Å². The number of halogens is 1. The second-order valence-electron chi connectivity index (χ2n) is 14.7. The van der Waals surface area contributed by atoms with Crippen LogP contribution < -0.4 is 0 Å². The van der Waals surface area contributed by atoms with E-state index >= 15 is 0 Å². The van der Waals surface area contributed by atoms with Gasteiger partial charge in [-0.05, 0) is 59.3 Å². The number of benzene rings is 2. The Morgan fingerprint density at radius 2 is 1.53 bits per heavy atom. The van der Waals surface area contributed by atoms with Crippen LogP contribution in [0.1, 0.15) is 51.7 Å². The maximum absolute atomic E-state index is 13.9. The van der Waals surface area contributed by atoms with E-state index in [1.54, 1.807) is 13.8 Å². The number of methoxy groups -OCH3 is 2. The molecular weight excluding hydrogens is 782 g/mol. The van der Waals surface area contributed by atoms with Crippen LogP contribution in [0, 0.1) is 5.92 Å². The van der Waals surface area contributed by atoms with Crippen LogP contribution in [0.4, 0.5) is 4.79 Å². The highest BCUT2D eigenvalue weighted by Crippen LogP contribution is 2.39. The smallest absolute Gasteiger partial charge is 0.417 e. The molecule has 9 atom stereocenters. The highest BCUT2D eigenvalue weighted by Gasteiger charge is 2.56. The third-order valence-corrected chi connectivity index (χ3v) is 10.8. The summed E-state index contributed by atoms with van der Waals surface area (Å²) < 4.78 is 48.0. The first-order chi connectivity index (χ1) is 26.2. The van der Waals surface area contributed by atoms with Crippen LogP contribution in [0.3, 0.4) is 0 Å². The average Bonchev–Trinajstić information content (AvgIpc) is 3.42. The number of aliphatic hydroxyl groups excluding tert-OH is 1. The Morgan fingerprint density at radius 1 is 0.927 bits per heavy atom. The quantitative estimate of drug-likeness (QED) is 0.215.